The third-order valence-corrected chi connectivity index (χ3v) is 5.90. The zero-order valence-electron chi connectivity index (χ0n) is 17.7. The minimum atomic E-state index is -0.349. The van der Waals surface area contributed by atoms with Crippen LogP contribution in [0.2, 0.25) is 0 Å². The number of amides is 1. The molecule has 1 heterocycles. The number of nitrogens with zero attached hydrogens (tertiary/aromatic N) is 3. The summed E-state index contributed by atoms with van der Waals surface area (Å²) in [7, 11) is 0. The predicted molar refractivity (Wildman–Crippen MR) is 119 cm³/mol. The predicted octanol–water partition coefficient (Wildman–Crippen LogP) is 5.16. The molecule has 0 aliphatic carbocycles. The van der Waals surface area contributed by atoms with E-state index in [1.165, 1.54) is 23.9 Å². The molecular formula is C23H27FN4OS. The van der Waals surface area contributed by atoms with Crippen LogP contribution in [0.3, 0.4) is 0 Å². The third-order valence-electron chi connectivity index (χ3n) is 4.82. The monoisotopic (exact) mass is 426 g/mol. The minimum absolute atomic E-state index is 0.0972. The van der Waals surface area contributed by atoms with E-state index in [4.69, 9.17) is 0 Å². The van der Waals surface area contributed by atoms with Crippen LogP contribution in [0, 0.1) is 12.7 Å². The Morgan fingerprint density at radius 3 is 2.57 bits per heavy atom. The molecule has 0 aliphatic heterocycles. The van der Waals surface area contributed by atoms with E-state index in [9.17, 15) is 9.18 Å². The lowest BCUT2D eigenvalue weighted by molar-refractivity contribution is -0.120. The number of rotatable bonds is 8. The first-order chi connectivity index (χ1) is 14.4. The molecule has 2 atom stereocenters. The lowest BCUT2D eigenvalue weighted by atomic mass is 10.1. The minimum Gasteiger partial charge on any atom is -0.349 e. The highest BCUT2D eigenvalue weighted by Gasteiger charge is 2.22. The fourth-order valence-corrected chi connectivity index (χ4v) is 4.06. The molecule has 3 rings (SSSR count). The number of benzene rings is 2. The van der Waals surface area contributed by atoms with Gasteiger partial charge in [0.2, 0.25) is 5.91 Å². The van der Waals surface area contributed by atoms with Crippen molar-refractivity contribution in [2.75, 3.05) is 0 Å². The third kappa shape index (κ3) is 5.27. The second-order valence-electron chi connectivity index (χ2n) is 7.37. The summed E-state index contributed by atoms with van der Waals surface area (Å²) in [6.07, 6.45) is 0.937. The van der Waals surface area contributed by atoms with Crippen molar-refractivity contribution >= 4 is 17.7 Å². The SMILES string of the molecule is CCCn1c(S[C@@H](C)C(=O)N[C@H](C)c2ccc(F)cc2)nnc1-c1cccc(C)c1. The zero-order chi connectivity index (χ0) is 21.7. The van der Waals surface area contributed by atoms with Gasteiger partial charge in [-0.2, -0.15) is 0 Å². The zero-order valence-corrected chi connectivity index (χ0v) is 18.5. The Morgan fingerprint density at radius 1 is 1.17 bits per heavy atom. The summed E-state index contributed by atoms with van der Waals surface area (Å²) in [5.41, 5.74) is 3.04. The highest BCUT2D eigenvalue weighted by Crippen LogP contribution is 2.28. The van der Waals surface area contributed by atoms with Crippen LogP contribution in [-0.2, 0) is 11.3 Å². The van der Waals surface area contributed by atoms with Crippen molar-refractivity contribution in [2.45, 2.75) is 57.1 Å². The van der Waals surface area contributed by atoms with Crippen molar-refractivity contribution in [2.24, 2.45) is 0 Å². The Kier molecular flexibility index (Phi) is 7.26. The molecule has 1 aromatic heterocycles. The van der Waals surface area contributed by atoms with Crippen molar-refractivity contribution in [1.82, 2.24) is 20.1 Å². The van der Waals surface area contributed by atoms with Crippen LogP contribution >= 0.6 is 11.8 Å². The average Bonchev–Trinajstić information content (AvgIpc) is 3.11. The van der Waals surface area contributed by atoms with Crippen molar-refractivity contribution in [3.05, 3.63) is 65.5 Å². The van der Waals surface area contributed by atoms with Gasteiger partial charge in [0, 0.05) is 12.1 Å². The van der Waals surface area contributed by atoms with Gasteiger partial charge in [-0.1, -0.05) is 54.6 Å². The molecule has 30 heavy (non-hydrogen) atoms. The Labute approximate surface area is 181 Å². The van der Waals surface area contributed by atoms with Crippen molar-refractivity contribution in [3.63, 3.8) is 0 Å². The molecule has 0 spiro atoms. The van der Waals surface area contributed by atoms with Crippen molar-refractivity contribution in [1.29, 1.82) is 0 Å². The van der Waals surface area contributed by atoms with E-state index in [1.54, 1.807) is 12.1 Å². The molecule has 0 aliphatic rings. The number of hydrogen-bond donors (Lipinski definition) is 1. The molecule has 0 unspecified atom stereocenters. The van der Waals surface area contributed by atoms with Crippen LogP contribution in [0.5, 0.6) is 0 Å². The number of carbonyl (C=O) groups is 1. The van der Waals surface area contributed by atoms with Crippen molar-refractivity contribution in [3.8, 4) is 11.4 Å². The van der Waals surface area contributed by atoms with Crippen LogP contribution in [-0.4, -0.2) is 25.9 Å². The summed E-state index contributed by atoms with van der Waals surface area (Å²) >= 11 is 1.39. The molecule has 0 radical (unpaired) electrons. The number of aryl methyl sites for hydroxylation is 1. The maximum Gasteiger partial charge on any atom is 0.233 e. The molecule has 0 bridgehead atoms. The van der Waals surface area contributed by atoms with Gasteiger partial charge >= 0.3 is 0 Å². The standard InChI is InChI=1S/C23H27FN4OS/c1-5-13-28-21(19-8-6-7-15(2)14-19)26-27-23(28)30-17(4)22(29)25-16(3)18-9-11-20(24)12-10-18/h6-12,14,16-17H,5,13H2,1-4H3,(H,25,29)/t16-,17+/m1/s1. The molecule has 1 amide bonds. The summed E-state index contributed by atoms with van der Waals surface area (Å²) in [6, 6.07) is 14.1. The van der Waals surface area contributed by atoms with Gasteiger partial charge in [-0.05, 0) is 51.0 Å². The summed E-state index contributed by atoms with van der Waals surface area (Å²) in [5.74, 6) is 0.427. The van der Waals surface area contributed by atoms with E-state index in [0.717, 1.165) is 40.6 Å². The summed E-state index contributed by atoms with van der Waals surface area (Å²) in [4.78, 5) is 12.7. The van der Waals surface area contributed by atoms with E-state index in [2.05, 4.69) is 33.1 Å². The normalized spacial score (nSPS) is 13.1. The van der Waals surface area contributed by atoms with Gasteiger partial charge < -0.3 is 9.88 Å². The number of thioether (sulfide) groups is 1. The van der Waals surface area contributed by atoms with Gasteiger partial charge in [0.25, 0.3) is 0 Å². The molecule has 7 heteroatoms. The summed E-state index contributed by atoms with van der Waals surface area (Å²) < 4.78 is 15.2. The van der Waals surface area contributed by atoms with Crippen LogP contribution in [0.15, 0.2) is 53.7 Å². The molecule has 2 aromatic carbocycles. The fraction of sp³-hybridized carbons (Fsp3) is 0.348. The van der Waals surface area contributed by atoms with Gasteiger partial charge in [0.15, 0.2) is 11.0 Å². The Hall–Kier alpha value is -2.67. The second-order valence-corrected chi connectivity index (χ2v) is 8.68. The van der Waals surface area contributed by atoms with Crippen LogP contribution in [0.1, 0.15) is 44.4 Å². The van der Waals surface area contributed by atoms with Gasteiger partial charge in [-0.25, -0.2) is 4.39 Å². The quantitative estimate of drug-likeness (QED) is 0.506. The fourth-order valence-electron chi connectivity index (χ4n) is 3.18. The van der Waals surface area contributed by atoms with Crippen LogP contribution < -0.4 is 5.32 Å². The lowest BCUT2D eigenvalue weighted by Gasteiger charge is -2.18. The lowest BCUT2D eigenvalue weighted by Crippen LogP contribution is -2.33. The number of carbonyl (C=O) groups excluding carboxylic acids is 1. The highest BCUT2D eigenvalue weighted by atomic mass is 32.2. The first kappa shape index (κ1) is 22.0. The Bertz CT molecular complexity index is 1000. The highest BCUT2D eigenvalue weighted by molar-refractivity contribution is 8.00. The van der Waals surface area contributed by atoms with E-state index in [1.807, 2.05) is 39.0 Å². The average molecular weight is 427 g/mol. The van der Waals surface area contributed by atoms with Crippen LogP contribution in [0.25, 0.3) is 11.4 Å². The molecule has 0 saturated heterocycles. The summed E-state index contributed by atoms with van der Waals surface area (Å²) in [6.45, 7) is 8.68. The van der Waals surface area contributed by atoms with E-state index in [0.29, 0.717) is 0 Å². The van der Waals surface area contributed by atoms with E-state index < -0.39 is 0 Å². The largest absolute Gasteiger partial charge is 0.349 e. The van der Waals surface area contributed by atoms with E-state index >= 15 is 0 Å². The number of hydrogen-bond acceptors (Lipinski definition) is 4. The molecular weight excluding hydrogens is 399 g/mol. The Balaban J connectivity index is 1.73. The topological polar surface area (TPSA) is 59.8 Å². The van der Waals surface area contributed by atoms with Crippen molar-refractivity contribution < 1.29 is 9.18 Å². The molecule has 1 N–H and O–H groups in total. The molecule has 0 saturated carbocycles. The molecule has 158 valence electrons. The first-order valence-electron chi connectivity index (χ1n) is 10.1. The number of nitrogens with one attached hydrogen (secondary N) is 1. The van der Waals surface area contributed by atoms with Gasteiger partial charge in [-0.3, -0.25) is 4.79 Å². The Morgan fingerprint density at radius 2 is 1.90 bits per heavy atom. The summed E-state index contributed by atoms with van der Waals surface area (Å²) in [5, 5.41) is 12.1. The molecule has 0 fully saturated rings. The molecule has 3 aromatic rings. The first-order valence-corrected chi connectivity index (χ1v) is 11.0. The van der Waals surface area contributed by atoms with E-state index in [-0.39, 0.29) is 23.0 Å². The maximum atomic E-state index is 13.1. The maximum absolute atomic E-state index is 13.1. The number of halogens is 1. The second kappa shape index (κ2) is 9.89. The van der Waals surface area contributed by atoms with Gasteiger partial charge in [-0.15, -0.1) is 10.2 Å². The number of aromatic nitrogens is 3. The molecule has 5 nitrogen and oxygen atoms in total. The smallest absolute Gasteiger partial charge is 0.233 e. The van der Waals surface area contributed by atoms with Gasteiger partial charge in [0.1, 0.15) is 5.82 Å². The van der Waals surface area contributed by atoms with Gasteiger partial charge in [0.05, 0.1) is 11.3 Å². The van der Waals surface area contributed by atoms with Crippen LogP contribution in [0.4, 0.5) is 4.39 Å².